The van der Waals surface area contributed by atoms with Crippen LogP contribution in [0.3, 0.4) is 0 Å². The Morgan fingerprint density at radius 3 is 0.702 bits per heavy atom. The minimum absolute atomic E-state index is 0. The van der Waals surface area contributed by atoms with Crippen molar-refractivity contribution in [3.8, 4) is 0 Å². The van der Waals surface area contributed by atoms with Crippen LogP contribution in [0.1, 0.15) is 27.7 Å². The minimum atomic E-state index is -0.991. The molecule has 0 spiro atoms. The summed E-state index contributed by atoms with van der Waals surface area (Å²) >= 11 is 0. The van der Waals surface area contributed by atoms with E-state index in [0.29, 0.717) is 0 Å². The normalized spacial score (nSPS) is 10.4. The molecule has 2 N–H and O–H groups in total. The molecule has 0 atom stereocenters. The number of carboxylic acid groups (broad SMARTS) is 2. The summed E-state index contributed by atoms with van der Waals surface area (Å²) in [5.74, 6) is -2.67. The van der Waals surface area contributed by atoms with Gasteiger partial charge in [-0.05, 0) is 92.5 Å². The third kappa shape index (κ3) is 18.5. The Morgan fingerprint density at radius 1 is 0.404 bits per heavy atom. The van der Waals surface area contributed by atoms with Gasteiger partial charge in [-0.2, -0.15) is 0 Å². The molecule has 0 aliphatic rings. The van der Waals surface area contributed by atoms with E-state index < -0.39 is 11.9 Å². The van der Waals surface area contributed by atoms with E-state index in [1.807, 2.05) is 0 Å². The fourth-order valence-electron chi connectivity index (χ4n) is 5.20. The smallest absolute Gasteiger partial charge is 0.550 e. The summed E-state index contributed by atoms with van der Waals surface area (Å²) in [5.41, 5.74) is 5.72. The zero-order chi connectivity index (χ0) is 40.5. The van der Waals surface area contributed by atoms with E-state index in [9.17, 15) is 19.8 Å². The second-order valence-corrected chi connectivity index (χ2v) is 20.2. The van der Waals surface area contributed by atoms with E-state index in [4.69, 9.17) is 5.73 Å². The van der Waals surface area contributed by atoms with Gasteiger partial charge in [0.25, 0.3) is 0 Å². The van der Waals surface area contributed by atoms with Crippen LogP contribution in [0.25, 0.3) is 0 Å². The number of carbonyl (C=O) groups is 2. The first-order valence-electron chi connectivity index (χ1n) is 18.9. The van der Waals surface area contributed by atoms with Gasteiger partial charge in [0.1, 0.15) is 0 Å². The van der Waals surface area contributed by atoms with Gasteiger partial charge >= 0.3 is 19.5 Å². The summed E-state index contributed by atoms with van der Waals surface area (Å²) < 4.78 is 0. The Bertz CT molecular complexity index is 1700. The molecule has 5 nitrogen and oxygen atoms in total. The topological polar surface area (TPSA) is 106 Å². The predicted molar refractivity (Wildman–Crippen MR) is 241 cm³/mol. The third-order valence-corrected chi connectivity index (χ3v) is 16.2. The van der Waals surface area contributed by atoms with E-state index in [1.165, 1.54) is 44.2 Å². The van der Waals surface area contributed by atoms with Gasteiger partial charge in [0, 0.05) is 11.9 Å². The summed E-state index contributed by atoms with van der Waals surface area (Å²) in [6, 6.07) is 65.5. The fraction of sp³-hybridized carbons (Fsp3) is 0.208. The number of hydrogen-bond acceptors (Lipinski definition) is 5. The number of nitrogens with two attached hydrogens (primary N) is 1. The van der Waals surface area contributed by atoms with E-state index >= 15 is 0 Å². The molecule has 6 aromatic rings. The first kappa shape index (κ1) is 49.3. The molecule has 0 saturated carbocycles. The van der Waals surface area contributed by atoms with E-state index in [1.54, 1.807) is 27.7 Å². The van der Waals surface area contributed by atoms with Gasteiger partial charge < -0.3 is 25.5 Å². The van der Waals surface area contributed by atoms with Crippen molar-refractivity contribution in [2.24, 2.45) is 17.6 Å². The first-order chi connectivity index (χ1) is 27.1. The average Bonchev–Trinajstić information content (AvgIpc) is 3.24. The fourth-order valence-corrected chi connectivity index (χ4v) is 12.7. The maximum absolute atomic E-state index is 9.59. The Labute approximate surface area is 357 Å². The molecule has 9 heteroatoms. The molecule has 0 bridgehead atoms. The van der Waals surface area contributed by atoms with Crippen LogP contribution < -0.4 is 47.8 Å². The molecule has 0 aromatic heterocycles. The molecule has 6 aromatic carbocycles. The molecule has 57 heavy (non-hydrogen) atoms. The zero-order valence-corrected chi connectivity index (χ0v) is 37.6. The van der Waals surface area contributed by atoms with E-state index in [-0.39, 0.29) is 55.1 Å². The van der Waals surface area contributed by atoms with Crippen LogP contribution in [-0.4, -0.2) is 37.0 Å². The van der Waals surface area contributed by atoms with Gasteiger partial charge in [-0.15, -0.1) is 0 Å². The van der Waals surface area contributed by atoms with Crippen molar-refractivity contribution in [2.45, 2.75) is 27.7 Å². The predicted octanol–water partition coefficient (Wildman–Crippen LogP) is 6.11. The largest absolute Gasteiger partial charge is 2.00 e. The third-order valence-electron chi connectivity index (χ3n) is 8.25. The zero-order valence-electron chi connectivity index (χ0n) is 33.2. The molecule has 0 aliphatic heterocycles. The van der Waals surface area contributed by atoms with Crippen LogP contribution in [0, 0.1) is 11.8 Å². The quantitative estimate of drug-likeness (QED) is 0.111. The maximum atomic E-state index is 9.59. The molecule has 0 saturated heterocycles. The molecule has 0 unspecified atom stereocenters. The van der Waals surface area contributed by atoms with Crippen molar-refractivity contribution in [3.05, 3.63) is 182 Å². The maximum Gasteiger partial charge on any atom is 2.00 e. The summed E-state index contributed by atoms with van der Waals surface area (Å²) in [6.45, 7) is 7.06. The number of rotatable bonds is 13. The van der Waals surface area contributed by atoms with Gasteiger partial charge in [-0.3, -0.25) is 0 Å². The number of carboxylic acids is 2. The standard InChI is InChI=1S/C26H24P2.C14H16NP.2C4H8O2.Ru/c1-5-13-23(14-6-1)27(24-15-7-2-8-16-24)21-22-28(25-17-9-3-10-18-25)26-19-11-4-12-20-26;15-11-12-16(13-7-3-1-4-8-13)14-9-5-2-6-10-14;2*1-3(2)4(5)6;/h1-20H,21-22H2;1-10H,11-12,15H2;2*3H,1-2H3,(H,5,6);/q;;;;+2/p-2. The van der Waals surface area contributed by atoms with Gasteiger partial charge in [0.15, 0.2) is 0 Å². The first-order valence-corrected chi connectivity index (χ1v) is 23.4. The number of hydrogen-bond donors (Lipinski definition) is 1. The van der Waals surface area contributed by atoms with E-state index in [0.717, 1.165) is 12.7 Å². The second-order valence-electron chi connectivity index (χ2n) is 13.2. The number of benzene rings is 6. The van der Waals surface area contributed by atoms with Crippen LogP contribution in [0.15, 0.2) is 182 Å². The van der Waals surface area contributed by atoms with Crippen LogP contribution >= 0.6 is 23.8 Å². The Kier molecular flexibility index (Phi) is 24.7. The number of aliphatic carboxylic acids is 2. The summed E-state index contributed by atoms with van der Waals surface area (Å²) in [4.78, 5) is 19.2. The molecule has 0 radical (unpaired) electrons. The van der Waals surface area contributed by atoms with Gasteiger partial charge in [-0.25, -0.2) is 0 Å². The Balaban J connectivity index is 0.000000325. The van der Waals surface area contributed by atoms with Crippen LogP contribution in [0.5, 0.6) is 0 Å². The van der Waals surface area contributed by atoms with Crippen molar-refractivity contribution in [1.82, 2.24) is 0 Å². The van der Waals surface area contributed by atoms with Crippen molar-refractivity contribution in [3.63, 3.8) is 0 Å². The summed E-state index contributed by atoms with van der Waals surface area (Å²) in [6.07, 6.45) is 3.47. The molecular formula is C48H54NO4P3Ru. The van der Waals surface area contributed by atoms with Gasteiger partial charge in [-0.1, -0.05) is 210 Å². The van der Waals surface area contributed by atoms with Crippen molar-refractivity contribution in [1.29, 1.82) is 0 Å². The summed E-state index contributed by atoms with van der Waals surface area (Å²) in [7, 11) is -0.972. The van der Waals surface area contributed by atoms with Crippen LogP contribution in [0.2, 0.25) is 0 Å². The molecule has 298 valence electrons. The Hall–Kier alpha value is -3.87. The van der Waals surface area contributed by atoms with Crippen LogP contribution in [-0.2, 0) is 29.1 Å². The van der Waals surface area contributed by atoms with Gasteiger partial charge in [0.2, 0.25) is 0 Å². The molecule has 0 amide bonds. The molecule has 0 heterocycles. The minimum Gasteiger partial charge on any atom is -0.550 e. The Morgan fingerprint density at radius 2 is 0.561 bits per heavy atom. The molecule has 0 aliphatic carbocycles. The van der Waals surface area contributed by atoms with Crippen molar-refractivity contribution in [2.75, 3.05) is 25.0 Å². The summed E-state index contributed by atoms with van der Waals surface area (Å²) in [5, 5.41) is 27.9. The molecule has 0 fully saturated rings. The average molecular weight is 903 g/mol. The number of carbonyl (C=O) groups excluding carboxylic acids is 2. The molecular weight excluding hydrogens is 849 g/mol. The van der Waals surface area contributed by atoms with Crippen molar-refractivity contribution >= 4 is 67.5 Å². The molecule has 6 rings (SSSR count). The monoisotopic (exact) mass is 903 g/mol. The van der Waals surface area contributed by atoms with E-state index in [2.05, 4.69) is 182 Å². The van der Waals surface area contributed by atoms with Crippen molar-refractivity contribution < 1.29 is 39.3 Å². The second kappa shape index (κ2) is 28.5. The SMILES string of the molecule is CC(C)C(=O)[O-].CC(C)C(=O)[O-].NCCP(c1ccccc1)c1ccccc1.[Ru+2].c1ccc(P(CCP(c2ccccc2)c2ccccc2)c2ccccc2)cc1. The van der Waals surface area contributed by atoms with Crippen LogP contribution in [0.4, 0.5) is 0 Å². The van der Waals surface area contributed by atoms with Gasteiger partial charge in [0.05, 0.1) is 0 Å².